The standard InChI is InChI=1S/C26H30N6O6S/c1-15(33)28-24-30-20(21(39-24)14-8-16-3-9-18(10-4-16)22(34)27-2)13-7-17-5-11-19(12-6-17)29-23(31-25(35)36)32-26(37)38/h3-6,9-12,23,29,31-32H,7-8,13-14H2,1-2H3,(H,27,34)(H,35,36)(H,37,38)(H,28,30,33). The number of nitrogens with zero attached hydrogens (tertiary/aromatic N) is 1. The molecule has 206 valence electrons. The van der Waals surface area contributed by atoms with Crippen LogP contribution in [0.1, 0.15) is 39.0 Å². The fraction of sp³-hybridized carbons (Fsp3) is 0.269. The number of nitrogens with one attached hydrogen (secondary N) is 5. The predicted molar refractivity (Wildman–Crippen MR) is 147 cm³/mol. The topological polar surface area (TPSA) is 182 Å². The average molecular weight is 555 g/mol. The Hall–Kier alpha value is -4.65. The zero-order valence-corrected chi connectivity index (χ0v) is 22.2. The zero-order valence-electron chi connectivity index (χ0n) is 21.4. The van der Waals surface area contributed by atoms with E-state index in [0.717, 1.165) is 34.5 Å². The molecule has 0 saturated carbocycles. The quantitative estimate of drug-likeness (QED) is 0.167. The van der Waals surface area contributed by atoms with Crippen LogP contribution < -0.4 is 26.6 Å². The highest BCUT2D eigenvalue weighted by Crippen LogP contribution is 2.26. The smallest absolute Gasteiger partial charge is 0.407 e. The van der Waals surface area contributed by atoms with E-state index in [9.17, 15) is 19.2 Å². The first kappa shape index (κ1) is 28.9. The van der Waals surface area contributed by atoms with Crippen molar-refractivity contribution in [2.75, 3.05) is 17.7 Å². The molecule has 0 saturated heterocycles. The molecule has 1 heterocycles. The first-order valence-corrected chi connectivity index (χ1v) is 12.9. The summed E-state index contributed by atoms with van der Waals surface area (Å²) in [6, 6.07) is 14.6. The molecule has 4 amide bonds. The lowest BCUT2D eigenvalue weighted by Gasteiger charge is -2.19. The second kappa shape index (κ2) is 13.8. The van der Waals surface area contributed by atoms with Gasteiger partial charge < -0.3 is 26.2 Å². The molecule has 12 nitrogen and oxygen atoms in total. The molecule has 13 heteroatoms. The lowest BCUT2D eigenvalue weighted by molar-refractivity contribution is -0.114. The van der Waals surface area contributed by atoms with Crippen molar-refractivity contribution in [1.82, 2.24) is 20.9 Å². The van der Waals surface area contributed by atoms with Crippen LogP contribution in [-0.4, -0.2) is 52.5 Å². The molecular weight excluding hydrogens is 524 g/mol. The lowest BCUT2D eigenvalue weighted by Crippen LogP contribution is -2.52. The van der Waals surface area contributed by atoms with Crippen LogP contribution in [0.4, 0.5) is 20.4 Å². The summed E-state index contributed by atoms with van der Waals surface area (Å²) in [7, 11) is 1.59. The molecule has 0 radical (unpaired) electrons. The third-order valence-electron chi connectivity index (χ3n) is 5.60. The minimum atomic E-state index is -1.38. The molecule has 7 N–H and O–H groups in total. The Morgan fingerprint density at radius 2 is 1.41 bits per heavy atom. The Labute approximate surface area is 228 Å². The van der Waals surface area contributed by atoms with Crippen LogP contribution in [0, 0.1) is 0 Å². The van der Waals surface area contributed by atoms with E-state index in [4.69, 9.17) is 10.2 Å². The fourth-order valence-electron chi connectivity index (χ4n) is 3.76. The fourth-order valence-corrected chi connectivity index (χ4v) is 4.81. The first-order valence-electron chi connectivity index (χ1n) is 12.0. The first-order chi connectivity index (χ1) is 18.6. The van der Waals surface area contributed by atoms with Crippen LogP contribution in [0.15, 0.2) is 48.5 Å². The molecule has 2 aromatic carbocycles. The lowest BCUT2D eigenvalue weighted by atomic mass is 10.0. The number of amides is 4. The maximum absolute atomic E-state index is 11.8. The highest BCUT2D eigenvalue weighted by atomic mass is 32.1. The number of carbonyl (C=O) groups is 4. The van der Waals surface area contributed by atoms with Crippen LogP contribution in [-0.2, 0) is 30.5 Å². The predicted octanol–water partition coefficient (Wildman–Crippen LogP) is 3.26. The number of benzene rings is 2. The number of anilines is 2. The van der Waals surface area contributed by atoms with Gasteiger partial charge in [-0.1, -0.05) is 24.3 Å². The van der Waals surface area contributed by atoms with Crippen LogP contribution >= 0.6 is 11.3 Å². The Kier molecular flexibility index (Phi) is 10.2. The summed E-state index contributed by atoms with van der Waals surface area (Å²) < 4.78 is 0. The van der Waals surface area contributed by atoms with Gasteiger partial charge in [0.25, 0.3) is 5.91 Å². The van der Waals surface area contributed by atoms with Gasteiger partial charge in [0.05, 0.1) is 5.69 Å². The highest BCUT2D eigenvalue weighted by Gasteiger charge is 2.15. The number of aryl methyl sites for hydroxylation is 4. The molecule has 0 fully saturated rings. The van der Waals surface area contributed by atoms with Gasteiger partial charge in [-0.2, -0.15) is 0 Å². The summed E-state index contributed by atoms with van der Waals surface area (Å²) in [6.07, 6.45) is -1.19. The van der Waals surface area contributed by atoms with Crippen molar-refractivity contribution < 1.29 is 29.4 Å². The number of carboxylic acid groups (broad SMARTS) is 2. The summed E-state index contributed by atoms with van der Waals surface area (Å²) in [5, 5.41) is 30.5. The van der Waals surface area contributed by atoms with E-state index >= 15 is 0 Å². The zero-order chi connectivity index (χ0) is 28.4. The minimum absolute atomic E-state index is 0.135. The van der Waals surface area contributed by atoms with Gasteiger partial charge in [0, 0.05) is 30.1 Å². The molecule has 0 aliphatic heterocycles. The van der Waals surface area contributed by atoms with Gasteiger partial charge in [-0.25, -0.2) is 14.6 Å². The van der Waals surface area contributed by atoms with Crippen molar-refractivity contribution in [3.63, 3.8) is 0 Å². The van der Waals surface area contributed by atoms with Crippen molar-refractivity contribution in [2.45, 2.75) is 38.9 Å². The maximum atomic E-state index is 11.8. The van der Waals surface area contributed by atoms with Crippen LogP contribution in [0.3, 0.4) is 0 Å². The third-order valence-corrected chi connectivity index (χ3v) is 6.67. The van der Waals surface area contributed by atoms with Crippen molar-refractivity contribution in [2.24, 2.45) is 0 Å². The van der Waals surface area contributed by atoms with Crippen LogP contribution in [0.2, 0.25) is 0 Å². The molecule has 0 atom stereocenters. The summed E-state index contributed by atoms with van der Waals surface area (Å²) in [5.41, 5.74) is 4.10. The minimum Gasteiger partial charge on any atom is -0.465 e. The van der Waals surface area contributed by atoms with E-state index in [2.05, 4.69) is 20.9 Å². The van der Waals surface area contributed by atoms with E-state index < -0.39 is 18.5 Å². The summed E-state index contributed by atoms with van der Waals surface area (Å²) in [4.78, 5) is 50.8. The molecule has 0 aliphatic carbocycles. The van der Waals surface area contributed by atoms with Gasteiger partial charge in [0.15, 0.2) is 11.4 Å². The number of hydrogen-bond acceptors (Lipinski definition) is 7. The maximum Gasteiger partial charge on any atom is 0.407 e. The van der Waals surface area contributed by atoms with E-state index in [1.165, 1.54) is 18.3 Å². The Bertz CT molecular complexity index is 1290. The van der Waals surface area contributed by atoms with Gasteiger partial charge in [-0.15, -0.1) is 11.3 Å². The largest absolute Gasteiger partial charge is 0.465 e. The molecule has 0 aliphatic rings. The van der Waals surface area contributed by atoms with Crippen molar-refractivity contribution in [1.29, 1.82) is 0 Å². The number of rotatable bonds is 12. The van der Waals surface area contributed by atoms with E-state index in [0.29, 0.717) is 29.2 Å². The Balaban J connectivity index is 1.65. The summed E-state index contributed by atoms with van der Waals surface area (Å²) >= 11 is 1.45. The van der Waals surface area contributed by atoms with Crippen LogP contribution in [0.5, 0.6) is 0 Å². The average Bonchev–Trinajstić information content (AvgIpc) is 3.26. The second-order valence-electron chi connectivity index (χ2n) is 8.52. The molecule has 0 unspecified atom stereocenters. The summed E-state index contributed by atoms with van der Waals surface area (Å²) in [6.45, 7) is 1.44. The third kappa shape index (κ3) is 9.31. The van der Waals surface area contributed by atoms with Gasteiger partial charge in [0.1, 0.15) is 0 Å². The number of aromatic nitrogens is 1. The molecule has 1 aromatic heterocycles. The molecule has 0 bridgehead atoms. The van der Waals surface area contributed by atoms with E-state index in [-0.39, 0.29) is 11.8 Å². The number of hydrogen-bond donors (Lipinski definition) is 7. The Morgan fingerprint density at radius 1 is 0.846 bits per heavy atom. The Morgan fingerprint density at radius 3 is 1.95 bits per heavy atom. The van der Waals surface area contributed by atoms with Gasteiger partial charge in [0.2, 0.25) is 5.91 Å². The van der Waals surface area contributed by atoms with E-state index in [1.54, 1.807) is 31.3 Å². The molecule has 3 aromatic rings. The van der Waals surface area contributed by atoms with Crippen molar-refractivity contribution >= 4 is 46.2 Å². The highest BCUT2D eigenvalue weighted by molar-refractivity contribution is 7.15. The molecule has 0 spiro atoms. The number of thiazole rings is 1. The summed E-state index contributed by atoms with van der Waals surface area (Å²) in [5.74, 6) is -0.327. The van der Waals surface area contributed by atoms with Crippen molar-refractivity contribution in [3.05, 3.63) is 75.8 Å². The van der Waals surface area contributed by atoms with Gasteiger partial charge in [-0.05, 0) is 61.1 Å². The monoisotopic (exact) mass is 554 g/mol. The van der Waals surface area contributed by atoms with Gasteiger partial charge >= 0.3 is 12.2 Å². The molecule has 3 rings (SSSR count). The van der Waals surface area contributed by atoms with E-state index in [1.807, 2.05) is 34.9 Å². The van der Waals surface area contributed by atoms with Crippen molar-refractivity contribution in [3.8, 4) is 0 Å². The molecular formula is C26H30N6O6S. The number of carbonyl (C=O) groups excluding carboxylic acids is 2. The SMILES string of the molecule is CNC(=O)c1ccc(CCc2sc(NC(C)=O)nc2CCc2ccc(NC(NC(=O)O)NC(=O)O)cc2)cc1. The second-order valence-corrected chi connectivity index (χ2v) is 9.60. The molecule has 39 heavy (non-hydrogen) atoms. The normalized spacial score (nSPS) is 10.5. The van der Waals surface area contributed by atoms with Crippen LogP contribution in [0.25, 0.3) is 0 Å². The van der Waals surface area contributed by atoms with Gasteiger partial charge in [-0.3, -0.25) is 20.2 Å².